The van der Waals surface area contributed by atoms with Crippen LogP contribution in [-0.2, 0) is 4.74 Å². The molecule has 17 heavy (non-hydrogen) atoms. The van der Waals surface area contributed by atoms with E-state index >= 15 is 0 Å². The molecule has 0 atom stereocenters. The van der Waals surface area contributed by atoms with Crippen LogP contribution in [0.5, 0.6) is 0 Å². The zero-order valence-corrected chi connectivity index (χ0v) is 11.1. The monoisotopic (exact) mass is 233 g/mol. The van der Waals surface area contributed by atoms with Crippen molar-refractivity contribution in [2.45, 2.75) is 38.6 Å². The standard InChI is InChI=1S/C15H23NO/c1-12(2)13-5-4-6-15(11-13)16(3)14-7-9-17-10-8-14/h4-6,11-12,14H,7-10H2,1-3H3. The van der Waals surface area contributed by atoms with Crippen LogP contribution in [0.25, 0.3) is 0 Å². The van der Waals surface area contributed by atoms with E-state index in [1.54, 1.807) is 0 Å². The van der Waals surface area contributed by atoms with E-state index in [0.717, 1.165) is 26.1 Å². The number of benzene rings is 1. The lowest BCUT2D eigenvalue weighted by Gasteiger charge is -2.33. The molecule has 2 rings (SSSR count). The maximum atomic E-state index is 5.42. The molecule has 1 heterocycles. The van der Waals surface area contributed by atoms with Crippen LogP contribution in [0.1, 0.15) is 38.2 Å². The number of rotatable bonds is 3. The zero-order valence-electron chi connectivity index (χ0n) is 11.1. The predicted molar refractivity (Wildman–Crippen MR) is 72.8 cm³/mol. The van der Waals surface area contributed by atoms with Crippen molar-refractivity contribution < 1.29 is 4.74 Å². The molecule has 0 spiro atoms. The van der Waals surface area contributed by atoms with Crippen molar-refractivity contribution in [3.8, 4) is 0 Å². The van der Waals surface area contributed by atoms with Crippen LogP contribution in [-0.4, -0.2) is 26.3 Å². The van der Waals surface area contributed by atoms with Gasteiger partial charge in [0.2, 0.25) is 0 Å². The van der Waals surface area contributed by atoms with E-state index < -0.39 is 0 Å². The van der Waals surface area contributed by atoms with E-state index in [4.69, 9.17) is 4.74 Å². The van der Waals surface area contributed by atoms with Crippen LogP contribution in [0.4, 0.5) is 5.69 Å². The highest BCUT2D eigenvalue weighted by Gasteiger charge is 2.18. The van der Waals surface area contributed by atoms with Gasteiger partial charge >= 0.3 is 0 Å². The van der Waals surface area contributed by atoms with E-state index in [0.29, 0.717) is 12.0 Å². The SMILES string of the molecule is CC(C)c1cccc(N(C)C2CCOCC2)c1. The van der Waals surface area contributed by atoms with Crippen molar-refractivity contribution in [2.75, 3.05) is 25.2 Å². The first-order valence-corrected chi connectivity index (χ1v) is 6.59. The van der Waals surface area contributed by atoms with Crippen molar-refractivity contribution in [1.29, 1.82) is 0 Å². The molecule has 2 heteroatoms. The molecule has 1 saturated heterocycles. The first kappa shape index (κ1) is 12.4. The molecule has 2 nitrogen and oxygen atoms in total. The van der Waals surface area contributed by atoms with E-state index in [-0.39, 0.29) is 0 Å². The van der Waals surface area contributed by atoms with Crippen molar-refractivity contribution in [1.82, 2.24) is 0 Å². The summed E-state index contributed by atoms with van der Waals surface area (Å²) in [4.78, 5) is 2.41. The minimum atomic E-state index is 0.595. The molecule has 0 unspecified atom stereocenters. The highest BCUT2D eigenvalue weighted by atomic mass is 16.5. The molecule has 1 aromatic rings. The second-order valence-corrected chi connectivity index (χ2v) is 5.20. The summed E-state index contributed by atoms with van der Waals surface area (Å²) in [6, 6.07) is 9.54. The Balaban J connectivity index is 2.12. The predicted octanol–water partition coefficient (Wildman–Crippen LogP) is 3.43. The Morgan fingerprint density at radius 1 is 1.24 bits per heavy atom. The fourth-order valence-electron chi connectivity index (χ4n) is 2.39. The second-order valence-electron chi connectivity index (χ2n) is 5.20. The Morgan fingerprint density at radius 2 is 1.94 bits per heavy atom. The molecule has 94 valence electrons. The third-order valence-corrected chi connectivity index (χ3v) is 3.68. The quantitative estimate of drug-likeness (QED) is 0.793. The number of hydrogen-bond donors (Lipinski definition) is 0. The van der Waals surface area contributed by atoms with Crippen molar-refractivity contribution in [2.24, 2.45) is 0 Å². The molecular formula is C15H23NO. The summed E-state index contributed by atoms with van der Waals surface area (Å²) in [6.07, 6.45) is 2.28. The van der Waals surface area contributed by atoms with Gasteiger partial charge in [0.15, 0.2) is 0 Å². The Hall–Kier alpha value is -1.02. The number of hydrogen-bond acceptors (Lipinski definition) is 2. The maximum absolute atomic E-state index is 5.42. The highest BCUT2D eigenvalue weighted by Crippen LogP contribution is 2.24. The summed E-state index contributed by atoms with van der Waals surface area (Å²) < 4.78 is 5.42. The van der Waals surface area contributed by atoms with Gasteiger partial charge in [0, 0.05) is 32.0 Å². The normalized spacial score (nSPS) is 17.4. The van der Waals surface area contributed by atoms with Gasteiger partial charge in [-0.25, -0.2) is 0 Å². The van der Waals surface area contributed by atoms with Crippen LogP contribution < -0.4 is 4.90 Å². The van der Waals surface area contributed by atoms with Crippen molar-refractivity contribution >= 4 is 5.69 Å². The summed E-state index contributed by atoms with van der Waals surface area (Å²) in [5.74, 6) is 0.595. The lowest BCUT2D eigenvalue weighted by molar-refractivity contribution is 0.0855. The summed E-state index contributed by atoms with van der Waals surface area (Å²) in [7, 11) is 2.20. The fourth-order valence-corrected chi connectivity index (χ4v) is 2.39. The smallest absolute Gasteiger partial charge is 0.0485 e. The minimum Gasteiger partial charge on any atom is -0.381 e. The fraction of sp³-hybridized carbons (Fsp3) is 0.600. The van der Waals surface area contributed by atoms with E-state index in [1.807, 2.05) is 0 Å². The first-order chi connectivity index (χ1) is 8.18. The highest BCUT2D eigenvalue weighted by molar-refractivity contribution is 5.49. The molecule has 1 fully saturated rings. The third-order valence-electron chi connectivity index (χ3n) is 3.68. The third kappa shape index (κ3) is 3.01. The number of nitrogens with zero attached hydrogens (tertiary/aromatic N) is 1. The van der Waals surface area contributed by atoms with Crippen LogP contribution in [0.2, 0.25) is 0 Å². The van der Waals surface area contributed by atoms with Gasteiger partial charge in [-0.05, 0) is 36.5 Å². The van der Waals surface area contributed by atoms with Crippen LogP contribution >= 0.6 is 0 Å². The Kier molecular flexibility index (Phi) is 4.06. The molecule has 0 N–H and O–H groups in total. The van der Waals surface area contributed by atoms with Gasteiger partial charge in [0.05, 0.1) is 0 Å². The molecule has 0 aliphatic carbocycles. The molecular weight excluding hydrogens is 210 g/mol. The first-order valence-electron chi connectivity index (χ1n) is 6.59. The largest absolute Gasteiger partial charge is 0.381 e. The molecule has 0 bridgehead atoms. The van der Waals surface area contributed by atoms with Gasteiger partial charge in [-0.2, -0.15) is 0 Å². The van der Waals surface area contributed by atoms with Gasteiger partial charge in [-0.3, -0.25) is 0 Å². The summed E-state index contributed by atoms with van der Waals surface area (Å²) >= 11 is 0. The van der Waals surface area contributed by atoms with Crippen LogP contribution in [0.15, 0.2) is 24.3 Å². The molecule has 0 radical (unpaired) electrons. The maximum Gasteiger partial charge on any atom is 0.0485 e. The summed E-state index contributed by atoms with van der Waals surface area (Å²) in [5.41, 5.74) is 2.75. The lowest BCUT2D eigenvalue weighted by Crippen LogP contribution is -2.36. The number of anilines is 1. The number of ether oxygens (including phenoxy) is 1. The van der Waals surface area contributed by atoms with E-state index in [9.17, 15) is 0 Å². The average Bonchev–Trinajstić information content (AvgIpc) is 2.39. The van der Waals surface area contributed by atoms with Crippen molar-refractivity contribution in [3.05, 3.63) is 29.8 Å². The van der Waals surface area contributed by atoms with Crippen LogP contribution in [0, 0.1) is 0 Å². The Labute approximate surface area is 105 Å². The molecule has 0 saturated carbocycles. The Bertz CT molecular complexity index is 356. The summed E-state index contributed by atoms with van der Waals surface area (Å²) in [5, 5.41) is 0. The zero-order chi connectivity index (χ0) is 12.3. The van der Waals surface area contributed by atoms with Gasteiger partial charge < -0.3 is 9.64 Å². The second kappa shape index (κ2) is 5.54. The Morgan fingerprint density at radius 3 is 2.59 bits per heavy atom. The molecule has 1 aliphatic rings. The van der Waals surface area contributed by atoms with Crippen LogP contribution in [0.3, 0.4) is 0 Å². The lowest BCUT2D eigenvalue weighted by atomic mass is 10.0. The van der Waals surface area contributed by atoms with Gasteiger partial charge in [0.1, 0.15) is 0 Å². The molecule has 0 amide bonds. The average molecular weight is 233 g/mol. The molecule has 0 aromatic heterocycles. The van der Waals surface area contributed by atoms with E-state index in [1.165, 1.54) is 11.3 Å². The topological polar surface area (TPSA) is 12.5 Å². The molecule has 1 aromatic carbocycles. The van der Waals surface area contributed by atoms with Gasteiger partial charge in [0.25, 0.3) is 0 Å². The van der Waals surface area contributed by atoms with Gasteiger partial charge in [-0.15, -0.1) is 0 Å². The summed E-state index contributed by atoms with van der Waals surface area (Å²) in [6.45, 7) is 6.29. The van der Waals surface area contributed by atoms with E-state index in [2.05, 4.69) is 50.1 Å². The molecule has 1 aliphatic heterocycles. The van der Waals surface area contributed by atoms with Gasteiger partial charge in [-0.1, -0.05) is 26.0 Å². The van der Waals surface area contributed by atoms with Crippen molar-refractivity contribution in [3.63, 3.8) is 0 Å². The minimum absolute atomic E-state index is 0.595.